The number of halogens is 3. The summed E-state index contributed by atoms with van der Waals surface area (Å²) in [4.78, 5) is 17.5. The minimum atomic E-state index is -0.273. The lowest BCUT2D eigenvalue weighted by Gasteiger charge is -2.34. The van der Waals surface area contributed by atoms with Gasteiger partial charge in [0.05, 0.1) is 0 Å². The summed E-state index contributed by atoms with van der Waals surface area (Å²) in [6, 6.07) is 4.80. The predicted molar refractivity (Wildman–Crippen MR) is 108 cm³/mol. The molecule has 8 heteroatoms. The molecule has 1 aliphatic heterocycles. The van der Waals surface area contributed by atoms with E-state index in [1.807, 2.05) is 6.07 Å². The lowest BCUT2D eigenvalue weighted by molar-refractivity contribution is -0.119. The summed E-state index contributed by atoms with van der Waals surface area (Å²) in [5.74, 6) is 0.498. The highest BCUT2D eigenvalue weighted by atomic mass is 127. The molecule has 134 valence electrons. The van der Waals surface area contributed by atoms with Crippen molar-refractivity contribution in [3.8, 4) is 0 Å². The van der Waals surface area contributed by atoms with Crippen LogP contribution >= 0.6 is 39.9 Å². The summed E-state index contributed by atoms with van der Waals surface area (Å²) in [5, 5.41) is 3.26. The number of guanidine groups is 1. The SMILES string of the molecule is CN=C(NCc1cc(F)cc(Br)c1)N1CCCC(CC(N)=O)C1.I. The average Bonchev–Trinajstić information content (AvgIpc) is 2.46. The fourth-order valence-electron chi connectivity index (χ4n) is 2.93. The van der Waals surface area contributed by atoms with Crippen LogP contribution in [0, 0.1) is 11.7 Å². The number of amides is 1. The molecule has 1 saturated heterocycles. The van der Waals surface area contributed by atoms with E-state index in [1.165, 1.54) is 12.1 Å². The van der Waals surface area contributed by atoms with Gasteiger partial charge in [-0.1, -0.05) is 15.9 Å². The van der Waals surface area contributed by atoms with Crippen molar-refractivity contribution in [3.05, 3.63) is 34.1 Å². The second-order valence-electron chi connectivity index (χ2n) is 5.80. The number of likely N-dealkylation sites (tertiary alicyclic amines) is 1. The van der Waals surface area contributed by atoms with Gasteiger partial charge in [-0.05, 0) is 42.5 Å². The van der Waals surface area contributed by atoms with Gasteiger partial charge in [-0.2, -0.15) is 0 Å². The number of benzene rings is 1. The molecule has 0 saturated carbocycles. The number of primary amides is 1. The molecule has 1 aliphatic rings. The van der Waals surface area contributed by atoms with Gasteiger partial charge < -0.3 is 16.0 Å². The molecule has 0 bridgehead atoms. The molecule has 0 aliphatic carbocycles. The van der Waals surface area contributed by atoms with Crippen molar-refractivity contribution in [3.63, 3.8) is 0 Å². The third-order valence-corrected chi connectivity index (χ3v) is 4.35. The summed E-state index contributed by atoms with van der Waals surface area (Å²) < 4.78 is 14.1. The van der Waals surface area contributed by atoms with Crippen LogP contribution in [0.3, 0.4) is 0 Å². The maximum atomic E-state index is 13.4. The fourth-order valence-corrected chi connectivity index (χ4v) is 3.45. The summed E-state index contributed by atoms with van der Waals surface area (Å²) >= 11 is 3.29. The second kappa shape index (κ2) is 10.2. The highest BCUT2D eigenvalue weighted by molar-refractivity contribution is 14.0. The van der Waals surface area contributed by atoms with Gasteiger partial charge in [0.1, 0.15) is 5.82 Å². The molecule has 2 rings (SSSR count). The van der Waals surface area contributed by atoms with Gasteiger partial charge in [-0.3, -0.25) is 9.79 Å². The molecule has 5 nitrogen and oxygen atoms in total. The van der Waals surface area contributed by atoms with E-state index >= 15 is 0 Å². The van der Waals surface area contributed by atoms with Crippen LogP contribution in [0.1, 0.15) is 24.8 Å². The molecule has 24 heavy (non-hydrogen) atoms. The Balaban J connectivity index is 0.00000288. The van der Waals surface area contributed by atoms with Crippen LogP contribution in [-0.2, 0) is 11.3 Å². The molecule has 0 radical (unpaired) electrons. The zero-order valence-electron chi connectivity index (χ0n) is 13.6. The molecular formula is C16H23BrFIN4O. The second-order valence-corrected chi connectivity index (χ2v) is 6.72. The molecule has 1 atom stereocenters. The Morgan fingerprint density at radius 3 is 2.88 bits per heavy atom. The van der Waals surface area contributed by atoms with Crippen molar-refractivity contribution in [2.75, 3.05) is 20.1 Å². The largest absolute Gasteiger partial charge is 0.370 e. The number of carbonyl (C=O) groups excluding carboxylic acids is 1. The quantitative estimate of drug-likeness (QED) is 0.370. The highest BCUT2D eigenvalue weighted by Gasteiger charge is 2.23. The zero-order valence-corrected chi connectivity index (χ0v) is 17.5. The standard InChI is InChI=1S/C16H22BrFN4O.HI/c1-20-16(21-9-12-5-13(17)8-14(18)6-12)22-4-2-3-11(10-22)7-15(19)23;/h5-6,8,11H,2-4,7,9-10H2,1H3,(H2,19,23)(H,20,21);1H. The summed E-state index contributed by atoms with van der Waals surface area (Å²) in [6.07, 6.45) is 2.42. The first kappa shape index (κ1) is 21.1. The molecular weight excluding hydrogens is 490 g/mol. The van der Waals surface area contributed by atoms with Crippen molar-refractivity contribution in [2.24, 2.45) is 16.6 Å². The molecule has 1 heterocycles. The van der Waals surface area contributed by atoms with Gasteiger partial charge in [-0.15, -0.1) is 24.0 Å². The van der Waals surface area contributed by atoms with E-state index in [0.29, 0.717) is 17.4 Å². The highest BCUT2D eigenvalue weighted by Crippen LogP contribution is 2.20. The minimum Gasteiger partial charge on any atom is -0.370 e. The number of piperidine rings is 1. The summed E-state index contributed by atoms with van der Waals surface area (Å²) in [7, 11) is 1.72. The van der Waals surface area contributed by atoms with Crippen LogP contribution in [0.15, 0.2) is 27.7 Å². The van der Waals surface area contributed by atoms with Crippen molar-refractivity contribution < 1.29 is 9.18 Å². The number of nitrogens with one attached hydrogen (secondary N) is 1. The Bertz CT molecular complexity index is 579. The minimum absolute atomic E-state index is 0. The Hall–Kier alpha value is -0.900. The predicted octanol–water partition coefficient (Wildman–Crippen LogP) is 2.87. The molecule has 1 aromatic carbocycles. The number of rotatable bonds is 4. The maximum absolute atomic E-state index is 13.4. The summed E-state index contributed by atoms with van der Waals surface area (Å²) in [6.45, 7) is 2.14. The van der Waals surface area contributed by atoms with Gasteiger partial charge >= 0.3 is 0 Å². The van der Waals surface area contributed by atoms with Gasteiger partial charge in [-0.25, -0.2) is 4.39 Å². The van der Waals surface area contributed by atoms with E-state index in [2.05, 4.69) is 31.1 Å². The molecule has 3 N–H and O–H groups in total. The number of nitrogens with two attached hydrogens (primary N) is 1. The number of carbonyl (C=O) groups is 1. The first-order valence-electron chi connectivity index (χ1n) is 7.67. The van der Waals surface area contributed by atoms with Crippen molar-refractivity contribution >= 4 is 51.8 Å². The number of hydrogen-bond acceptors (Lipinski definition) is 2. The van der Waals surface area contributed by atoms with Crippen LogP contribution in [0.4, 0.5) is 4.39 Å². The zero-order chi connectivity index (χ0) is 16.8. The Morgan fingerprint density at radius 2 is 2.25 bits per heavy atom. The van der Waals surface area contributed by atoms with Crippen LogP contribution in [-0.4, -0.2) is 36.9 Å². The van der Waals surface area contributed by atoms with Crippen LogP contribution in [0.2, 0.25) is 0 Å². The van der Waals surface area contributed by atoms with Gasteiger partial charge in [0, 0.05) is 37.6 Å². The molecule has 0 spiro atoms. The first-order chi connectivity index (χ1) is 11.0. The van der Waals surface area contributed by atoms with Crippen LogP contribution < -0.4 is 11.1 Å². The van der Waals surface area contributed by atoms with E-state index in [-0.39, 0.29) is 41.6 Å². The lowest BCUT2D eigenvalue weighted by Crippen LogP contribution is -2.46. The van der Waals surface area contributed by atoms with E-state index in [0.717, 1.165) is 37.5 Å². The normalized spacial score (nSPS) is 18.0. The van der Waals surface area contributed by atoms with Crippen molar-refractivity contribution in [1.29, 1.82) is 0 Å². The Morgan fingerprint density at radius 1 is 1.50 bits per heavy atom. The molecule has 1 fully saturated rings. The lowest BCUT2D eigenvalue weighted by atomic mass is 9.95. The molecule has 1 amide bonds. The van der Waals surface area contributed by atoms with Crippen LogP contribution in [0.25, 0.3) is 0 Å². The Kier molecular flexibility index (Phi) is 8.96. The maximum Gasteiger partial charge on any atom is 0.217 e. The number of nitrogens with zero attached hydrogens (tertiary/aromatic N) is 2. The van der Waals surface area contributed by atoms with Crippen molar-refractivity contribution in [1.82, 2.24) is 10.2 Å². The van der Waals surface area contributed by atoms with Gasteiger partial charge in [0.15, 0.2) is 5.96 Å². The topological polar surface area (TPSA) is 70.7 Å². The van der Waals surface area contributed by atoms with E-state index < -0.39 is 0 Å². The smallest absolute Gasteiger partial charge is 0.217 e. The third kappa shape index (κ3) is 6.54. The van der Waals surface area contributed by atoms with E-state index in [9.17, 15) is 9.18 Å². The monoisotopic (exact) mass is 512 g/mol. The fraction of sp³-hybridized carbons (Fsp3) is 0.500. The summed E-state index contributed by atoms with van der Waals surface area (Å²) in [5.41, 5.74) is 6.13. The third-order valence-electron chi connectivity index (χ3n) is 3.89. The average molecular weight is 513 g/mol. The first-order valence-corrected chi connectivity index (χ1v) is 8.46. The molecule has 0 aromatic heterocycles. The Labute approximate surface area is 167 Å². The molecule has 1 unspecified atom stereocenters. The van der Waals surface area contributed by atoms with E-state index in [4.69, 9.17) is 5.73 Å². The van der Waals surface area contributed by atoms with Crippen LogP contribution in [0.5, 0.6) is 0 Å². The number of aliphatic imine (C=N–C) groups is 1. The number of hydrogen-bond donors (Lipinski definition) is 2. The van der Waals surface area contributed by atoms with Crippen molar-refractivity contribution in [2.45, 2.75) is 25.8 Å². The molecule has 1 aromatic rings. The van der Waals surface area contributed by atoms with Gasteiger partial charge in [0.2, 0.25) is 5.91 Å². The van der Waals surface area contributed by atoms with Gasteiger partial charge in [0.25, 0.3) is 0 Å². The van der Waals surface area contributed by atoms with E-state index in [1.54, 1.807) is 7.05 Å².